The minimum absolute atomic E-state index is 0.182. The van der Waals surface area contributed by atoms with Crippen LogP contribution in [-0.2, 0) is 0 Å². The third-order valence-electron chi connectivity index (χ3n) is 6.71. The van der Waals surface area contributed by atoms with Crippen LogP contribution in [0.4, 0.5) is 15.9 Å². The predicted molar refractivity (Wildman–Crippen MR) is 119 cm³/mol. The lowest BCUT2D eigenvalue weighted by molar-refractivity contribution is 0.439. The lowest BCUT2D eigenvalue weighted by atomic mass is 9.98. The van der Waals surface area contributed by atoms with Crippen LogP contribution in [0, 0.1) is 17.7 Å². The van der Waals surface area contributed by atoms with Crippen LogP contribution in [0.3, 0.4) is 0 Å². The quantitative estimate of drug-likeness (QED) is 0.449. The Balaban J connectivity index is 1.54. The predicted octanol–water partition coefficient (Wildman–Crippen LogP) is 3.05. The normalized spacial score (nSPS) is 22.6. The molecule has 1 aliphatic heterocycles. The van der Waals surface area contributed by atoms with Gasteiger partial charge < -0.3 is 25.7 Å². The lowest BCUT2D eigenvalue weighted by Crippen LogP contribution is -2.30. The number of hydrogen-bond acceptors (Lipinski definition) is 8. The van der Waals surface area contributed by atoms with Gasteiger partial charge in [-0.1, -0.05) is 0 Å². The first kappa shape index (κ1) is 19.2. The number of nitrogens with two attached hydrogens (primary N) is 1. The molecule has 1 saturated heterocycles. The fraction of sp³-hybridized carbons (Fsp3) is 0.364. The molecule has 4 heterocycles. The van der Waals surface area contributed by atoms with Gasteiger partial charge >= 0.3 is 6.01 Å². The molecule has 1 saturated carbocycles. The van der Waals surface area contributed by atoms with Crippen molar-refractivity contribution in [1.29, 1.82) is 0 Å². The van der Waals surface area contributed by atoms with Crippen molar-refractivity contribution in [3.8, 4) is 11.8 Å². The van der Waals surface area contributed by atoms with Gasteiger partial charge in [-0.25, -0.2) is 14.4 Å². The van der Waals surface area contributed by atoms with Crippen molar-refractivity contribution in [2.45, 2.75) is 18.9 Å². The van der Waals surface area contributed by atoms with E-state index in [4.69, 9.17) is 15.5 Å². The van der Waals surface area contributed by atoms with Crippen LogP contribution in [0.5, 0.6) is 11.8 Å². The minimum Gasteiger partial charge on any atom is -0.421 e. The first-order valence-electron chi connectivity index (χ1n) is 10.7. The van der Waals surface area contributed by atoms with E-state index in [9.17, 15) is 4.39 Å². The minimum atomic E-state index is -0.323. The number of fused-ring (bicyclic) bond motifs is 4. The maximum atomic E-state index is 14.4. The van der Waals surface area contributed by atoms with Crippen LogP contribution < -0.4 is 20.7 Å². The summed E-state index contributed by atoms with van der Waals surface area (Å²) < 4.78 is 20.3. The number of nitrogens with one attached hydrogen (secondary N) is 2. The number of halogens is 1. The molecule has 1 aliphatic carbocycles. The second-order valence-electron chi connectivity index (χ2n) is 8.55. The topological polar surface area (TPSA) is 118 Å². The molecule has 9 nitrogen and oxygen atoms in total. The van der Waals surface area contributed by atoms with E-state index < -0.39 is 0 Å². The van der Waals surface area contributed by atoms with Gasteiger partial charge in [-0.05, 0) is 36.8 Å². The standard InChI is InChI=1S/C22H23FN8O/c1-25-17-5-12(23)4-14-18-20(28-19(14)17)29-22(32-13-6-26-10-27-7-13)30-21(18)31-8-11-2-3-16(24)15(11)9-31/h4-7,10-11,15-16,25H,2-3,8-9,24H2,1H3,(H,28,29,30). The zero-order chi connectivity index (χ0) is 21.8. The monoisotopic (exact) mass is 434 g/mol. The number of hydrogen-bond donors (Lipinski definition) is 3. The maximum absolute atomic E-state index is 14.4. The van der Waals surface area contributed by atoms with Gasteiger partial charge in [0.15, 0.2) is 5.75 Å². The summed E-state index contributed by atoms with van der Waals surface area (Å²) in [6.45, 7) is 1.67. The highest BCUT2D eigenvalue weighted by atomic mass is 19.1. The van der Waals surface area contributed by atoms with E-state index in [1.54, 1.807) is 19.4 Å². The summed E-state index contributed by atoms with van der Waals surface area (Å²) in [7, 11) is 1.76. The van der Waals surface area contributed by atoms with Crippen LogP contribution in [0.25, 0.3) is 21.9 Å². The number of anilines is 2. The van der Waals surface area contributed by atoms with E-state index in [0.29, 0.717) is 28.9 Å². The van der Waals surface area contributed by atoms with E-state index in [-0.39, 0.29) is 17.9 Å². The fourth-order valence-corrected chi connectivity index (χ4v) is 5.22. The molecule has 2 fully saturated rings. The molecule has 0 radical (unpaired) electrons. The number of aromatic nitrogens is 5. The van der Waals surface area contributed by atoms with Gasteiger partial charge in [0.2, 0.25) is 0 Å². The van der Waals surface area contributed by atoms with Crippen molar-refractivity contribution in [3.63, 3.8) is 0 Å². The lowest BCUT2D eigenvalue weighted by Gasteiger charge is -2.21. The molecule has 10 heteroatoms. The van der Waals surface area contributed by atoms with Gasteiger partial charge in [-0.2, -0.15) is 9.97 Å². The summed E-state index contributed by atoms with van der Waals surface area (Å²) in [5.74, 6) is 1.81. The Kier molecular flexibility index (Phi) is 4.35. The molecule has 3 unspecified atom stereocenters. The fourth-order valence-electron chi connectivity index (χ4n) is 5.22. The van der Waals surface area contributed by atoms with E-state index in [1.807, 2.05) is 0 Å². The van der Waals surface area contributed by atoms with Crippen molar-refractivity contribution in [1.82, 2.24) is 24.9 Å². The summed E-state index contributed by atoms with van der Waals surface area (Å²) in [4.78, 5) is 22.9. The zero-order valence-corrected chi connectivity index (χ0v) is 17.5. The highest BCUT2D eigenvalue weighted by Gasteiger charge is 2.42. The number of benzene rings is 1. The molecule has 2 aliphatic rings. The van der Waals surface area contributed by atoms with Gasteiger partial charge in [0, 0.05) is 31.6 Å². The third-order valence-corrected chi connectivity index (χ3v) is 6.71. The number of ether oxygens (including phenoxy) is 1. The molecule has 0 bridgehead atoms. The Bertz CT molecular complexity index is 1310. The van der Waals surface area contributed by atoms with Crippen molar-refractivity contribution in [2.24, 2.45) is 17.6 Å². The molecule has 1 aromatic carbocycles. The van der Waals surface area contributed by atoms with E-state index in [2.05, 4.69) is 30.2 Å². The summed E-state index contributed by atoms with van der Waals surface area (Å²) >= 11 is 0. The molecular weight excluding hydrogens is 411 g/mol. The molecule has 4 N–H and O–H groups in total. The summed E-state index contributed by atoms with van der Waals surface area (Å²) in [5.41, 5.74) is 8.38. The van der Waals surface area contributed by atoms with Gasteiger partial charge in [-0.3, -0.25) is 0 Å². The summed E-state index contributed by atoms with van der Waals surface area (Å²) in [5, 5.41) is 4.57. The molecule has 3 atom stereocenters. The van der Waals surface area contributed by atoms with Crippen LogP contribution in [0.2, 0.25) is 0 Å². The van der Waals surface area contributed by atoms with Crippen LogP contribution in [-0.4, -0.2) is 51.1 Å². The highest BCUT2D eigenvalue weighted by molar-refractivity contribution is 6.14. The van der Waals surface area contributed by atoms with Crippen LogP contribution in [0.1, 0.15) is 12.8 Å². The van der Waals surface area contributed by atoms with Crippen LogP contribution >= 0.6 is 0 Å². The summed E-state index contributed by atoms with van der Waals surface area (Å²) in [6, 6.07) is 3.37. The Morgan fingerprint density at radius 1 is 1.19 bits per heavy atom. The number of rotatable bonds is 4. The van der Waals surface area contributed by atoms with Crippen LogP contribution in [0.15, 0.2) is 30.9 Å². The zero-order valence-electron chi connectivity index (χ0n) is 17.5. The molecule has 3 aromatic heterocycles. The molecule has 0 amide bonds. The van der Waals surface area contributed by atoms with Crippen molar-refractivity contribution in [2.75, 3.05) is 30.4 Å². The Hall–Kier alpha value is -3.53. The van der Waals surface area contributed by atoms with Crippen molar-refractivity contribution < 1.29 is 9.13 Å². The van der Waals surface area contributed by atoms with E-state index in [1.165, 1.54) is 18.5 Å². The SMILES string of the molecule is CNc1cc(F)cc2c1[nH]c1nc(Oc3cncnc3)nc(N3CC4CCC(N)C4C3)c12. The maximum Gasteiger partial charge on any atom is 0.326 e. The molecule has 6 rings (SSSR count). The Labute approximate surface area is 183 Å². The van der Waals surface area contributed by atoms with Crippen molar-refractivity contribution in [3.05, 3.63) is 36.7 Å². The number of H-pyrrole nitrogens is 1. The second kappa shape index (κ2) is 7.27. The molecular formula is C22H23FN8O. The Morgan fingerprint density at radius 3 is 2.81 bits per heavy atom. The second-order valence-corrected chi connectivity index (χ2v) is 8.55. The molecule has 32 heavy (non-hydrogen) atoms. The third kappa shape index (κ3) is 3.01. The van der Waals surface area contributed by atoms with Gasteiger partial charge in [0.1, 0.15) is 23.6 Å². The average Bonchev–Trinajstić information content (AvgIpc) is 3.47. The summed E-state index contributed by atoms with van der Waals surface area (Å²) in [6.07, 6.45) is 6.72. The smallest absolute Gasteiger partial charge is 0.326 e. The number of aromatic amines is 1. The van der Waals surface area contributed by atoms with Gasteiger partial charge in [0.25, 0.3) is 0 Å². The van der Waals surface area contributed by atoms with Gasteiger partial charge in [-0.15, -0.1) is 0 Å². The average molecular weight is 434 g/mol. The largest absolute Gasteiger partial charge is 0.421 e. The highest BCUT2D eigenvalue weighted by Crippen LogP contribution is 2.43. The molecule has 0 spiro atoms. The van der Waals surface area contributed by atoms with E-state index >= 15 is 0 Å². The number of nitrogens with zero attached hydrogens (tertiary/aromatic N) is 5. The van der Waals surface area contributed by atoms with Crippen molar-refractivity contribution >= 4 is 33.4 Å². The molecule has 4 aromatic rings. The van der Waals surface area contributed by atoms with E-state index in [0.717, 1.165) is 48.0 Å². The Morgan fingerprint density at radius 2 is 2.03 bits per heavy atom. The van der Waals surface area contributed by atoms with Gasteiger partial charge in [0.05, 0.1) is 29.0 Å². The molecule has 164 valence electrons. The first-order valence-corrected chi connectivity index (χ1v) is 10.7. The first-order chi connectivity index (χ1) is 15.6.